The van der Waals surface area contributed by atoms with Crippen molar-refractivity contribution in [3.8, 4) is 11.3 Å². The number of oxazole rings is 1. The number of hydrogen-bond acceptors (Lipinski definition) is 4. The molecule has 0 aliphatic rings. The molecule has 3 aromatic rings. The number of aryl methyl sites for hydroxylation is 1. The molecule has 1 heterocycles. The molecule has 1 aromatic heterocycles. The lowest BCUT2D eigenvalue weighted by molar-refractivity contribution is -0.121. The molecule has 0 fully saturated rings. The first-order chi connectivity index (χ1) is 13.9. The highest BCUT2D eigenvalue weighted by atomic mass is 19.1. The SMILES string of the molecule is C[C@@H](CC(=O)c1ccccc1)NC(=O)CCc1ncc(-c2ccc(F)cc2F)o1. The van der Waals surface area contributed by atoms with Gasteiger partial charge in [-0.15, -0.1) is 0 Å². The number of Topliss-reactive ketones (excluding diaryl/α,β-unsaturated/α-hetero) is 1. The Labute approximate surface area is 166 Å². The fourth-order valence-electron chi connectivity index (χ4n) is 2.88. The average Bonchev–Trinajstić information content (AvgIpc) is 3.15. The molecule has 0 saturated carbocycles. The van der Waals surface area contributed by atoms with Gasteiger partial charge in [-0.1, -0.05) is 30.3 Å². The first kappa shape index (κ1) is 20.4. The molecule has 0 bridgehead atoms. The summed E-state index contributed by atoms with van der Waals surface area (Å²) in [6.07, 6.45) is 1.86. The van der Waals surface area contributed by atoms with Crippen LogP contribution >= 0.6 is 0 Å². The molecule has 1 atom stereocenters. The van der Waals surface area contributed by atoms with Crippen molar-refractivity contribution < 1.29 is 22.8 Å². The maximum absolute atomic E-state index is 13.8. The standard InChI is InChI=1S/C22H20F2N2O3/c1-14(11-19(27)15-5-3-2-4-6-15)26-21(28)9-10-22-25-13-20(29-22)17-8-7-16(23)12-18(17)24/h2-8,12-14H,9-11H2,1H3,(H,26,28)/t14-/m0/s1. The molecule has 2 aromatic carbocycles. The van der Waals surface area contributed by atoms with Gasteiger partial charge in [0.15, 0.2) is 17.4 Å². The second-order valence-corrected chi connectivity index (χ2v) is 6.70. The fourth-order valence-corrected chi connectivity index (χ4v) is 2.88. The van der Waals surface area contributed by atoms with Crippen LogP contribution in [-0.4, -0.2) is 22.7 Å². The van der Waals surface area contributed by atoms with Gasteiger partial charge in [-0.3, -0.25) is 9.59 Å². The van der Waals surface area contributed by atoms with Gasteiger partial charge in [0.2, 0.25) is 5.91 Å². The van der Waals surface area contributed by atoms with Crippen LogP contribution in [-0.2, 0) is 11.2 Å². The number of nitrogens with zero attached hydrogens (tertiary/aromatic N) is 1. The summed E-state index contributed by atoms with van der Waals surface area (Å²) in [6, 6.07) is 11.7. The van der Waals surface area contributed by atoms with Gasteiger partial charge < -0.3 is 9.73 Å². The summed E-state index contributed by atoms with van der Waals surface area (Å²) in [7, 11) is 0. The van der Waals surface area contributed by atoms with Crippen LogP contribution in [0.4, 0.5) is 8.78 Å². The van der Waals surface area contributed by atoms with E-state index in [9.17, 15) is 18.4 Å². The minimum absolute atomic E-state index is 0.0444. The summed E-state index contributed by atoms with van der Waals surface area (Å²) < 4.78 is 32.3. The third kappa shape index (κ3) is 5.57. The Morgan fingerprint density at radius 3 is 2.62 bits per heavy atom. The van der Waals surface area contributed by atoms with Gasteiger partial charge in [-0.2, -0.15) is 0 Å². The van der Waals surface area contributed by atoms with Crippen LogP contribution in [0.5, 0.6) is 0 Å². The highest BCUT2D eigenvalue weighted by Crippen LogP contribution is 2.24. The molecule has 150 valence electrons. The molecule has 29 heavy (non-hydrogen) atoms. The van der Waals surface area contributed by atoms with E-state index in [4.69, 9.17) is 4.42 Å². The van der Waals surface area contributed by atoms with E-state index in [1.165, 1.54) is 12.3 Å². The maximum atomic E-state index is 13.8. The summed E-state index contributed by atoms with van der Waals surface area (Å²) in [6.45, 7) is 1.76. The first-order valence-electron chi connectivity index (χ1n) is 9.20. The van der Waals surface area contributed by atoms with E-state index >= 15 is 0 Å². The predicted molar refractivity (Wildman–Crippen MR) is 103 cm³/mol. The molecular formula is C22H20F2N2O3. The molecule has 7 heteroatoms. The van der Waals surface area contributed by atoms with E-state index in [0.29, 0.717) is 5.56 Å². The molecule has 5 nitrogen and oxygen atoms in total. The fraction of sp³-hybridized carbons (Fsp3) is 0.227. The summed E-state index contributed by atoms with van der Waals surface area (Å²) in [5.74, 6) is -1.28. The minimum atomic E-state index is -0.748. The van der Waals surface area contributed by atoms with Gasteiger partial charge in [-0.05, 0) is 19.1 Å². The molecule has 0 radical (unpaired) electrons. The lowest BCUT2D eigenvalue weighted by Gasteiger charge is -2.13. The van der Waals surface area contributed by atoms with Crippen LogP contribution in [0.15, 0.2) is 59.1 Å². The third-order valence-electron chi connectivity index (χ3n) is 4.31. The van der Waals surface area contributed by atoms with Gasteiger partial charge in [0.05, 0.1) is 11.8 Å². The molecule has 0 unspecified atom stereocenters. The number of ketones is 1. The highest BCUT2D eigenvalue weighted by Gasteiger charge is 2.15. The summed E-state index contributed by atoms with van der Waals surface area (Å²) in [5.41, 5.74) is 0.705. The second-order valence-electron chi connectivity index (χ2n) is 6.70. The van der Waals surface area contributed by atoms with E-state index in [2.05, 4.69) is 10.3 Å². The Morgan fingerprint density at radius 1 is 1.14 bits per heavy atom. The monoisotopic (exact) mass is 398 g/mol. The van der Waals surface area contributed by atoms with Crippen LogP contribution in [0.2, 0.25) is 0 Å². The summed E-state index contributed by atoms with van der Waals surface area (Å²) >= 11 is 0. The van der Waals surface area contributed by atoms with Gasteiger partial charge in [0.25, 0.3) is 0 Å². The van der Waals surface area contributed by atoms with Gasteiger partial charge in [0, 0.05) is 36.9 Å². The number of aromatic nitrogens is 1. The van der Waals surface area contributed by atoms with Gasteiger partial charge in [-0.25, -0.2) is 13.8 Å². The van der Waals surface area contributed by atoms with Crippen LogP contribution in [0.3, 0.4) is 0 Å². The predicted octanol–water partition coefficient (Wildman–Crippen LogP) is 4.33. The lowest BCUT2D eigenvalue weighted by atomic mass is 10.0. The number of halogens is 2. The maximum Gasteiger partial charge on any atom is 0.220 e. The molecule has 3 rings (SSSR count). The van der Waals surface area contributed by atoms with Crippen molar-refractivity contribution in [3.63, 3.8) is 0 Å². The summed E-state index contributed by atoms with van der Waals surface area (Å²) in [5, 5.41) is 2.77. The summed E-state index contributed by atoms with van der Waals surface area (Å²) in [4.78, 5) is 28.3. The van der Waals surface area contributed by atoms with Crippen molar-refractivity contribution in [2.75, 3.05) is 0 Å². The van der Waals surface area contributed by atoms with E-state index < -0.39 is 11.6 Å². The Morgan fingerprint density at radius 2 is 1.90 bits per heavy atom. The third-order valence-corrected chi connectivity index (χ3v) is 4.31. The highest BCUT2D eigenvalue weighted by molar-refractivity contribution is 5.96. The number of nitrogens with one attached hydrogen (secondary N) is 1. The zero-order chi connectivity index (χ0) is 20.8. The van der Waals surface area contributed by atoms with Crippen LogP contribution < -0.4 is 5.32 Å². The number of carbonyl (C=O) groups is 2. The van der Waals surface area contributed by atoms with Crippen LogP contribution in [0.1, 0.15) is 36.0 Å². The number of rotatable bonds is 8. The van der Waals surface area contributed by atoms with E-state index in [0.717, 1.165) is 12.1 Å². The Kier molecular flexibility index (Phi) is 6.49. The zero-order valence-corrected chi connectivity index (χ0v) is 15.8. The number of benzene rings is 2. The Hall–Kier alpha value is -3.35. The molecule has 0 saturated heterocycles. The Balaban J connectivity index is 1.49. The normalized spacial score (nSPS) is 11.8. The van der Waals surface area contributed by atoms with E-state index in [1.807, 2.05) is 6.07 Å². The van der Waals surface area contributed by atoms with Crippen LogP contribution in [0, 0.1) is 11.6 Å². The van der Waals surface area contributed by atoms with E-state index in [-0.39, 0.29) is 54.2 Å². The zero-order valence-electron chi connectivity index (χ0n) is 15.8. The number of hydrogen-bond donors (Lipinski definition) is 1. The first-order valence-corrected chi connectivity index (χ1v) is 9.20. The Bertz CT molecular complexity index is 1000. The minimum Gasteiger partial charge on any atom is -0.441 e. The molecule has 0 spiro atoms. The van der Waals surface area contributed by atoms with Crippen LogP contribution in [0.25, 0.3) is 11.3 Å². The largest absolute Gasteiger partial charge is 0.441 e. The van der Waals surface area contributed by atoms with Crippen molar-refractivity contribution in [2.24, 2.45) is 0 Å². The topological polar surface area (TPSA) is 72.2 Å². The van der Waals surface area contributed by atoms with Crippen molar-refractivity contribution in [2.45, 2.75) is 32.2 Å². The smallest absolute Gasteiger partial charge is 0.220 e. The number of amides is 1. The van der Waals surface area contributed by atoms with Gasteiger partial charge >= 0.3 is 0 Å². The molecule has 1 amide bonds. The lowest BCUT2D eigenvalue weighted by Crippen LogP contribution is -2.34. The quantitative estimate of drug-likeness (QED) is 0.573. The van der Waals surface area contributed by atoms with Gasteiger partial charge in [0.1, 0.15) is 11.6 Å². The molecule has 0 aliphatic carbocycles. The van der Waals surface area contributed by atoms with Crippen molar-refractivity contribution in [1.29, 1.82) is 0 Å². The van der Waals surface area contributed by atoms with Crippen molar-refractivity contribution in [1.82, 2.24) is 10.3 Å². The second kappa shape index (κ2) is 9.23. The van der Waals surface area contributed by atoms with Crippen molar-refractivity contribution >= 4 is 11.7 Å². The molecule has 1 N–H and O–H groups in total. The average molecular weight is 398 g/mol. The van der Waals surface area contributed by atoms with Crippen molar-refractivity contribution in [3.05, 3.63) is 77.8 Å². The molecular weight excluding hydrogens is 378 g/mol. The molecule has 0 aliphatic heterocycles. The number of carbonyl (C=O) groups excluding carboxylic acids is 2. The van der Waals surface area contributed by atoms with E-state index in [1.54, 1.807) is 31.2 Å².